The summed E-state index contributed by atoms with van der Waals surface area (Å²) in [6.45, 7) is 5.79. The second kappa shape index (κ2) is 6.34. The molecule has 0 bridgehead atoms. The van der Waals surface area contributed by atoms with Gasteiger partial charge in [-0.25, -0.2) is 4.90 Å². The number of hydrogen-bond donors (Lipinski definition) is 1. The van der Waals surface area contributed by atoms with Crippen LogP contribution in [0.1, 0.15) is 62.0 Å². The minimum absolute atomic E-state index is 0.120. The lowest BCUT2D eigenvalue weighted by molar-refractivity contribution is 0.0920. The molecule has 1 heterocycles. The van der Waals surface area contributed by atoms with Gasteiger partial charge in [-0.1, -0.05) is 12.1 Å². The summed E-state index contributed by atoms with van der Waals surface area (Å²) in [6, 6.07) is 10.5. The Bertz CT molecular complexity index is 976. The minimum Gasteiger partial charge on any atom is -0.349 e. The maximum Gasteiger partial charge on any atom is 0.266 e. The number of fused-ring (bicyclic) bond motifs is 1. The van der Waals surface area contributed by atoms with Gasteiger partial charge in [0.05, 0.1) is 16.8 Å². The van der Waals surface area contributed by atoms with Gasteiger partial charge in [-0.15, -0.1) is 0 Å². The van der Waals surface area contributed by atoms with Crippen LogP contribution in [0.2, 0.25) is 0 Å². The maximum atomic E-state index is 13.0. The average Bonchev–Trinajstić information content (AvgIpc) is 3.46. The van der Waals surface area contributed by atoms with Gasteiger partial charge in [-0.05, 0) is 74.9 Å². The fourth-order valence-electron chi connectivity index (χ4n) is 3.57. The van der Waals surface area contributed by atoms with Gasteiger partial charge in [0, 0.05) is 11.6 Å². The van der Waals surface area contributed by atoms with Gasteiger partial charge >= 0.3 is 0 Å². The molecule has 0 radical (unpaired) electrons. The summed E-state index contributed by atoms with van der Waals surface area (Å²) < 4.78 is 0. The number of benzene rings is 2. The molecule has 1 N–H and O–H groups in total. The number of hydrogen-bond acceptors (Lipinski definition) is 3. The average molecular weight is 362 g/mol. The molecule has 2 aliphatic rings. The van der Waals surface area contributed by atoms with Crippen molar-refractivity contribution in [2.24, 2.45) is 5.92 Å². The van der Waals surface area contributed by atoms with Crippen molar-refractivity contribution in [2.45, 2.75) is 39.7 Å². The van der Waals surface area contributed by atoms with Crippen LogP contribution in [0.15, 0.2) is 36.4 Å². The van der Waals surface area contributed by atoms with Crippen molar-refractivity contribution in [3.05, 3.63) is 64.2 Å². The normalized spacial score (nSPS) is 17.1. The van der Waals surface area contributed by atoms with E-state index in [1.807, 2.05) is 39.0 Å². The van der Waals surface area contributed by atoms with E-state index in [2.05, 4.69) is 5.32 Å². The summed E-state index contributed by atoms with van der Waals surface area (Å²) in [5, 5.41) is 2.99. The number of amides is 3. The van der Waals surface area contributed by atoms with Crippen molar-refractivity contribution in [2.75, 3.05) is 4.90 Å². The molecule has 2 aromatic rings. The van der Waals surface area contributed by atoms with Crippen molar-refractivity contribution in [3.8, 4) is 0 Å². The van der Waals surface area contributed by atoms with E-state index < -0.39 is 0 Å². The molecule has 27 heavy (non-hydrogen) atoms. The molecule has 0 spiro atoms. The lowest BCUT2D eigenvalue weighted by Crippen LogP contribution is -2.34. The van der Waals surface area contributed by atoms with Gasteiger partial charge in [-0.3, -0.25) is 14.4 Å². The smallest absolute Gasteiger partial charge is 0.266 e. The number of nitrogens with zero attached hydrogens (tertiary/aromatic N) is 1. The Morgan fingerprint density at radius 1 is 1.04 bits per heavy atom. The van der Waals surface area contributed by atoms with Gasteiger partial charge in [0.2, 0.25) is 0 Å². The zero-order chi connectivity index (χ0) is 19.3. The van der Waals surface area contributed by atoms with Crippen molar-refractivity contribution in [1.29, 1.82) is 0 Å². The largest absolute Gasteiger partial charge is 0.349 e. The molecule has 5 nitrogen and oxygen atoms in total. The Kier molecular flexibility index (Phi) is 4.10. The Balaban J connectivity index is 1.65. The van der Waals surface area contributed by atoms with E-state index in [1.54, 1.807) is 12.1 Å². The van der Waals surface area contributed by atoms with E-state index in [1.165, 1.54) is 11.0 Å². The zero-order valence-electron chi connectivity index (χ0n) is 15.7. The molecule has 3 amide bonds. The Morgan fingerprint density at radius 3 is 2.44 bits per heavy atom. The Labute approximate surface area is 158 Å². The van der Waals surface area contributed by atoms with Crippen molar-refractivity contribution in [3.63, 3.8) is 0 Å². The van der Waals surface area contributed by atoms with Gasteiger partial charge in [0.1, 0.15) is 0 Å². The monoisotopic (exact) mass is 362 g/mol. The molecular weight excluding hydrogens is 340 g/mol. The molecule has 1 unspecified atom stereocenters. The third-order valence-electron chi connectivity index (χ3n) is 5.44. The molecule has 1 saturated carbocycles. The van der Waals surface area contributed by atoms with Gasteiger partial charge < -0.3 is 5.32 Å². The standard InChI is InChI=1S/C22H22N2O3/c1-12-4-5-13(2)19(10-12)24-21(26)17-9-8-16(11-18(17)22(24)27)20(25)23-14(3)15-6-7-15/h4-5,8-11,14-15H,6-7H2,1-3H3,(H,23,25). The molecular formula is C22H22N2O3. The molecule has 1 aliphatic heterocycles. The number of aryl methyl sites for hydroxylation is 2. The highest BCUT2D eigenvalue weighted by molar-refractivity contribution is 6.35. The summed E-state index contributed by atoms with van der Waals surface area (Å²) in [7, 11) is 0. The van der Waals surface area contributed by atoms with Crippen molar-refractivity contribution < 1.29 is 14.4 Å². The van der Waals surface area contributed by atoms with Crippen molar-refractivity contribution in [1.82, 2.24) is 5.32 Å². The van der Waals surface area contributed by atoms with Crippen LogP contribution in [0.3, 0.4) is 0 Å². The summed E-state index contributed by atoms with van der Waals surface area (Å²) in [6.07, 6.45) is 2.28. The molecule has 4 rings (SSSR count). The van der Waals surface area contributed by atoms with Crippen LogP contribution in [-0.2, 0) is 0 Å². The molecule has 5 heteroatoms. The molecule has 1 atom stereocenters. The summed E-state index contributed by atoms with van der Waals surface area (Å²) in [5.74, 6) is -0.385. The number of imide groups is 1. The Hall–Kier alpha value is -2.95. The number of carbonyl (C=O) groups is 3. The predicted molar refractivity (Wildman–Crippen MR) is 103 cm³/mol. The quantitative estimate of drug-likeness (QED) is 0.845. The fraction of sp³-hybridized carbons (Fsp3) is 0.318. The van der Waals surface area contributed by atoms with E-state index in [-0.39, 0.29) is 29.3 Å². The van der Waals surface area contributed by atoms with Crippen LogP contribution in [0.25, 0.3) is 0 Å². The van der Waals surface area contributed by atoms with Crippen molar-refractivity contribution >= 4 is 23.4 Å². The lowest BCUT2D eigenvalue weighted by Gasteiger charge is -2.17. The predicted octanol–water partition coefficient (Wildman–Crippen LogP) is 3.63. The van der Waals surface area contributed by atoms with Crippen LogP contribution in [0, 0.1) is 19.8 Å². The Morgan fingerprint density at radius 2 is 1.74 bits per heavy atom. The highest BCUT2D eigenvalue weighted by Gasteiger charge is 2.38. The molecule has 1 aliphatic carbocycles. The first kappa shape index (κ1) is 17.5. The highest BCUT2D eigenvalue weighted by Crippen LogP contribution is 2.33. The van der Waals surface area contributed by atoms with E-state index in [0.717, 1.165) is 24.0 Å². The highest BCUT2D eigenvalue weighted by atomic mass is 16.2. The summed E-state index contributed by atoms with van der Waals surface area (Å²) >= 11 is 0. The number of anilines is 1. The molecule has 0 aromatic heterocycles. The first-order valence-electron chi connectivity index (χ1n) is 9.28. The van der Waals surface area contributed by atoms with Crippen LogP contribution in [0.4, 0.5) is 5.69 Å². The third-order valence-corrected chi connectivity index (χ3v) is 5.44. The topological polar surface area (TPSA) is 66.5 Å². The van der Waals surface area contributed by atoms with E-state index >= 15 is 0 Å². The van der Waals surface area contributed by atoms with Gasteiger partial charge in [-0.2, -0.15) is 0 Å². The van der Waals surface area contributed by atoms with E-state index in [4.69, 9.17) is 0 Å². The first-order chi connectivity index (χ1) is 12.9. The third kappa shape index (κ3) is 3.03. The van der Waals surface area contributed by atoms with Gasteiger partial charge in [0.25, 0.3) is 17.7 Å². The zero-order valence-corrected chi connectivity index (χ0v) is 15.7. The molecule has 2 aromatic carbocycles. The van der Waals surface area contributed by atoms with E-state index in [0.29, 0.717) is 22.7 Å². The van der Waals surface area contributed by atoms with Crippen LogP contribution < -0.4 is 10.2 Å². The molecule has 138 valence electrons. The molecule has 0 saturated heterocycles. The second-order valence-corrected chi connectivity index (χ2v) is 7.60. The summed E-state index contributed by atoms with van der Waals surface area (Å²) in [4.78, 5) is 39.5. The lowest BCUT2D eigenvalue weighted by atomic mass is 10.0. The van der Waals surface area contributed by atoms with Crippen LogP contribution in [-0.4, -0.2) is 23.8 Å². The number of nitrogens with one attached hydrogen (secondary N) is 1. The van der Waals surface area contributed by atoms with Crippen LogP contribution >= 0.6 is 0 Å². The van der Waals surface area contributed by atoms with E-state index in [9.17, 15) is 14.4 Å². The minimum atomic E-state index is -0.381. The SMILES string of the molecule is Cc1ccc(C)c(N2C(=O)c3ccc(C(=O)NC(C)C4CC4)cc3C2=O)c1. The number of carbonyl (C=O) groups excluding carboxylic acids is 3. The first-order valence-corrected chi connectivity index (χ1v) is 9.28. The van der Waals surface area contributed by atoms with Crippen LogP contribution in [0.5, 0.6) is 0 Å². The molecule has 1 fully saturated rings. The summed E-state index contributed by atoms with van der Waals surface area (Å²) in [5.41, 5.74) is 3.45. The number of rotatable bonds is 4. The fourth-order valence-corrected chi connectivity index (χ4v) is 3.57. The maximum absolute atomic E-state index is 13.0. The van der Waals surface area contributed by atoms with Gasteiger partial charge in [0.15, 0.2) is 0 Å². The second-order valence-electron chi connectivity index (χ2n) is 7.60.